The van der Waals surface area contributed by atoms with Crippen molar-refractivity contribution in [2.75, 3.05) is 0 Å². The van der Waals surface area contributed by atoms with E-state index < -0.39 is 0 Å². The van der Waals surface area contributed by atoms with Gasteiger partial charge in [0.1, 0.15) is 11.8 Å². The molecule has 1 rings (SSSR count). The van der Waals surface area contributed by atoms with Crippen molar-refractivity contribution in [1.29, 1.82) is 5.26 Å². The molecular formula is C9H11N3. The van der Waals surface area contributed by atoms with Crippen LogP contribution in [0.5, 0.6) is 0 Å². The molecule has 0 radical (unpaired) electrons. The second-order valence-corrected chi connectivity index (χ2v) is 2.60. The second-order valence-electron chi connectivity index (χ2n) is 2.60. The molecule has 1 atom stereocenters. The molecule has 12 heavy (non-hydrogen) atoms. The van der Waals surface area contributed by atoms with Gasteiger partial charge in [-0.05, 0) is 18.1 Å². The molecule has 1 aromatic heterocycles. The van der Waals surface area contributed by atoms with Crippen LogP contribution in [0.25, 0.3) is 0 Å². The van der Waals surface area contributed by atoms with E-state index in [2.05, 4.69) is 4.98 Å². The van der Waals surface area contributed by atoms with E-state index in [1.807, 2.05) is 19.1 Å². The van der Waals surface area contributed by atoms with E-state index in [-0.39, 0.29) is 6.04 Å². The van der Waals surface area contributed by atoms with Crippen LogP contribution in [0.1, 0.15) is 30.6 Å². The van der Waals surface area contributed by atoms with Crippen molar-refractivity contribution >= 4 is 0 Å². The summed E-state index contributed by atoms with van der Waals surface area (Å²) in [5.41, 5.74) is 7.18. The molecule has 0 saturated heterocycles. The molecule has 1 heterocycles. The van der Waals surface area contributed by atoms with Gasteiger partial charge in [0.15, 0.2) is 0 Å². The van der Waals surface area contributed by atoms with E-state index in [1.165, 1.54) is 0 Å². The zero-order valence-electron chi connectivity index (χ0n) is 6.99. The fourth-order valence-electron chi connectivity index (χ4n) is 0.926. The highest BCUT2D eigenvalue weighted by Crippen LogP contribution is 2.11. The zero-order valence-corrected chi connectivity index (χ0v) is 6.99. The maximum atomic E-state index is 8.48. The Morgan fingerprint density at radius 1 is 1.67 bits per heavy atom. The van der Waals surface area contributed by atoms with E-state index >= 15 is 0 Å². The maximum Gasteiger partial charge on any atom is 0.140 e. The maximum absolute atomic E-state index is 8.48. The second kappa shape index (κ2) is 3.84. The van der Waals surface area contributed by atoms with Crippen LogP contribution in [0.2, 0.25) is 0 Å². The van der Waals surface area contributed by atoms with Crippen molar-refractivity contribution < 1.29 is 0 Å². The van der Waals surface area contributed by atoms with Gasteiger partial charge in [-0.1, -0.05) is 13.0 Å². The average Bonchev–Trinajstić information content (AvgIpc) is 2.17. The molecule has 0 saturated carbocycles. The van der Waals surface area contributed by atoms with E-state index in [0.29, 0.717) is 5.69 Å². The smallest absolute Gasteiger partial charge is 0.140 e. The van der Waals surface area contributed by atoms with Gasteiger partial charge in [-0.25, -0.2) is 4.98 Å². The Kier molecular flexibility index (Phi) is 2.78. The van der Waals surface area contributed by atoms with Gasteiger partial charge in [0.05, 0.1) is 0 Å². The minimum absolute atomic E-state index is 0.0326. The van der Waals surface area contributed by atoms with Gasteiger partial charge in [-0.15, -0.1) is 0 Å². The van der Waals surface area contributed by atoms with E-state index in [9.17, 15) is 0 Å². The van der Waals surface area contributed by atoms with Gasteiger partial charge in [-0.2, -0.15) is 5.26 Å². The van der Waals surface area contributed by atoms with Crippen LogP contribution in [0.15, 0.2) is 18.3 Å². The highest BCUT2D eigenvalue weighted by atomic mass is 14.7. The lowest BCUT2D eigenvalue weighted by Crippen LogP contribution is -2.08. The summed E-state index contributed by atoms with van der Waals surface area (Å²) >= 11 is 0. The van der Waals surface area contributed by atoms with Crippen molar-refractivity contribution in [2.24, 2.45) is 5.73 Å². The van der Waals surface area contributed by atoms with Crippen LogP contribution in [-0.4, -0.2) is 4.98 Å². The van der Waals surface area contributed by atoms with Crippen molar-refractivity contribution in [2.45, 2.75) is 19.4 Å². The molecule has 0 aromatic carbocycles. The molecule has 0 aliphatic rings. The summed E-state index contributed by atoms with van der Waals surface area (Å²) in [6.07, 6.45) is 2.54. The standard InChI is InChI=1S/C9H11N3/c1-2-9(11)7-3-4-8(5-10)12-6-7/h3-4,6,9H,2,11H2,1H3. The molecule has 1 unspecified atom stereocenters. The number of aromatic nitrogens is 1. The number of nitrogens with zero attached hydrogens (tertiary/aromatic N) is 2. The Morgan fingerprint density at radius 3 is 2.83 bits per heavy atom. The summed E-state index contributed by atoms with van der Waals surface area (Å²) in [6, 6.07) is 5.52. The quantitative estimate of drug-likeness (QED) is 0.712. The molecular weight excluding hydrogens is 150 g/mol. The molecule has 0 spiro atoms. The fourth-order valence-corrected chi connectivity index (χ4v) is 0.926. The predicted molar refractivity (Wildman–Crippen MR) is 46.2 cm³/mol. The molecule has 0 bridgehead atoms. The third kappa shape index (κ3) is 1.80. The van der Waals surface area contributed by atoms with Crippen molar-refractivity contribution in [3.05, 3.63) is 29.6 Å². The lowest BCUT2D eigenvalue weighted by Gasteiger charge is -2.07. The zero-order chi connectivity index (χ0) is 8.97. The first-order valence-electron chi connectivity index (χ1n) is 3.89. The Bertz CT molecular complexity index is 284. The first kappa shape index (κ1) is 8.69. The Labute approximate surface area is 71.8 Å². The molecule has 3 heteroatoms. The molecule has 1 aromatic rings. The Balaban J connectivity index is 2.86. The van der Waals surface area contributed by atoms with Crippen LogP contribution in [-0.2, 0) is 0 Å². The third-order valence-corrected chi connectivity index (χ3v) is 1.77. The lowest BCUT2D eigenvalue weighted by atomic mass is 10.1. The van der Waals surface area contributed by atoms with Gasteiger partial charge in [0, 0.05) is 12.2 Å². The Hall–Kier alpha value is -1.40. The molecule has 3 nitrogen and oxygen atoms in total. The molecule has 0 aliphatic carbocycles. The fraction of sp³-hybridized carbons (Fsp3) is 0.333. The van der Waals surface area contributed by atoms with Gasteiger partial charge in [-0.3, -0.25) is 0 Å². The third-order valence-electron chi connectivity index (χ3n) is 1.77. The van der Waals surface area contributed by atoms with Crippen molar-refractivity contribution in [1.82, 2.24) is 4.98 Å². The largest absolute Gasteiger partial charge is 0.324 e. The molecule has 0 amide bonds. The highest BCUT2D eigenvalue weighted by molar-refractivity contribution is 5.24. The van der Waals surface area contributed by atoms with Crippen LogP contribution in [0, 0.1) is 11.3 Å². The summed E-state index contributed by atoms with van der Waals surface area (Å²) in [6.45, 7) is 2.02. The van der Waals surface area contributed by atoms with E-state index in [0.717, 1.165) is 12.0 Å². The molecule has 0 fully saturated rings. The number of hydrogen-bond donors (Lipinski definition) is 1. The molecule has 2 N–H and O–H groups in total. The van der Waals surface area contributed by atoms with Crippen LogP contribution in [0.3, 0.4) is 0 Å². The van der Waals surface area contributed by atoms with Gasteiger partial charge < -0.3 is 5.73 Å². The Morgan fingerprint density at radius 2 is 2.42 bits per heavy atom. The minimum atomic E-state index is 0.0326. The minimum Gasteiger partial charge on any atom is -0.324 e. The van der Waals surface area contributed by atoms with Crippen LogP contribution in [0.4, 0.5) is 0 Å². The first-order valence-corrected chi connectivity index (χ1v) is 3.89. The van der Waals surface area contributed by atoms with Crippen molar-refractivity contribution in [3.8, 4) is 6.07 Å². The number of pyridine rings is 1. The summed E-state index contributed by atoms with van der Waals surface area (Å²) in [5, 5.41) is 8.48. The van der Waals surface area contributed by atoms with Gasteiger partial charge in [0.25, 0.3) is 0 Å². The highest BCUT2D eigenvalue weighted by Gasteiger charge is 2.02. The van der Waals surface area contributed by atoms with Crippen LogP contribution >= 0.6 is 0 Å². The summed E-state index contributed by atoms with van der Waals surface area (Å²) in [7, 11) is 0. The topological polar surface area (TPSA) is 62.7 Å². The monoisotopic (exact) mass is 161 g/mol. The van der Waals surface area contributed by atoms with Crippen molar-refractivity contribution in [3.63, 3.8) is 0 Å². The average molecular weight is 161 g/mol. The lowest BCUT2D eigenvalue weighted by molar-refractivity contribution is 0.695. The SMILES string of the molecule is CCC(N)c1ccc(C#N)nc1. The molecule has 0 aliphatic heterocycles. The number of nitriles is 1. The number of rotatable bonds is 2. The van der Waals surface area contributed by atoms with E-state index in [4.69, 9.17) is 11.0 Å². The first-order chi connectivity index (χ1) is 5.77. The number of nitrogens with two attached hydrogens (primary N) is 1. The van der Waals surface area contributed by atoms with E-state index in [1.54, 1.807) is 12.3 Å². The van der Waals surface area contributed by atoms with Gasteiger partial charge in [0.2, 0.25) is 0 Å². The summed E-state index contributed by atoms with van der Waals surface area (Å²) in [4.78, 5) is 3.93. The summed E-state index contributed by atoms with van der Waals surface area (Å²) < 4.78 is 0. The predicted octanol–water partition coefficient (Wildman–Crippen LogP) is 1.36. The van der Waals surface area contributed by atoms with Crippen LogP contribution < -0.4 is 5.73 Å². The molecule has 62 valence electrons. The normalized spacial score (nSPS) is 12.1. The number of hydrogen-bond acceptors (Lipinski definition) is 3. The summed E-state index contributed by atoms with van der Waals surface area (Å²) in [5.74, 6) is 0. The van der Waals surface area contributed by atoms with Gasteiger partial charge >= 0.3 is 0 Å².